The molecule has 0 bridgehead atoms. The molecule has 1 aliphatic heterocycles. The van der Waals surface area contributed by atoms with E-state index in [1.54, 1.807) is 36.4 Å². The van der Waals surface area contributed by atoms with Crippen LogP contribution in [0.25, 0.3) is 6.08 Å². The first-order valence-corrected chi connectivity index (χ1v) is 11.3. The third-order valence-corrected chi connectivity index (χ3v) is 5.98. The number of amides is 1. The summed E-state index contributed by atoms with van der Waals surface area (Å²) in [5, 5.41) is 10.4. The van der Waals surface area contributed by atoms with Gasteiger partial charge in [0.15, 0.2) is 5.17 Å². The average molecular weight is 466 g/mol. The lowest BCUT2D eigenvalue weighted by molar-refractivity contribution is -0.128. The van der Waals surface area contributed by atoms with Crippen LogP contribution in [0, 0.1) is 5.82 Å². The molecule has 0 atom stereocenters. The molecule has 160 valence electrons. The minimum absolute atomic E-state index is 0.190. The number of rotatable bonds is 6. The second-order valence-corrected chi connectivity index (χ2v) is 8.35. The summed E-state index contributed by atoms with van der Waals surface area (Å²) in [7, 11) is 0. The first kappa shape index (κ1) is 21.7. The second kappa shape index (κ2) is 10.2. The maximum atomic E-state index is 13.6. The Balaban J connectivity index is 1.49. The van der Waals surface area contributed by atoms with Gasteiger partial charge in [-0.15, -0.1) is 16.4 Å². The van der Waals surface area contributed by atoms with Crippen LogP contribution >= 0.6 is 23.1 Å². The number of hydrogen-bond donors (Lipinski definition) is 0. The first-order valence-electron chi connectivity index (χ1n) is 9.45. The van der Waals surface area contributed by atoms with Crippen LogP contribution in [-0.4, -0.2) is 29.0 Å². The molecule has 2 heterocycles. The van der Waals surface area contributed by atoms with Gasteiger partial charge in [-0.1, -0.05) is 36.0 Å². The van der Waals surface area contributed by atoms with Crippen LogP contribution in [0.15, 0.2) is 82.3 Å². The molecular weight excluding hydrogens is 449 g/mol. The molecule has 0 unspecified atom stereocenters. The summed E-state index contributed by atoms with van der Waals surface area (Å²) in [4.78, 5) is 26.7. The molecule has 0 radical (unpaired) electrons. The van der Waals surface area contributed by atoms with Crippen LogP contribution in [0.3, 0.4) is 0 Å². The van der Waals surface area contributed by atoms with E-state index in [1.807, 2.05) is 17.5 Å². The fraction of sp³-hybridized carbons (Fsp3) is 0.0435. The summed E-state index contributed by atoms with van der Waals surface area (Å²) in [6.07, 6.45) is 4.48. The van der Waals surface area contributed by atoms with Crippen LogP contribution < -0.4 is 9.64 Å². The van der Waals surface area contributed by atoms with Gasteiger partial charge in [0.25, 0.3) is 0 Å². The van der Waals surface area contributed by atoms with E-state index in [1.165, 1.54) is 58.5 Å². The highest BCUT2D eigenvalue weighted by molar-refractivity contribution is 8.15. The monoisotopic (exact) mass is 465 g/mol. The molecule has 2 aromatic carbocycles. The second-order valence-electron chi connectivity index (χ2n) is 6.43. The molecular formula is C23H16FN3O3S2. The van der Waals surface area contributed by atoms with Gasteiger partial charge in [-0.25, -0.2) is 9.18 Å². The zero-order valence-electron chi connectivity index (χ0n) is 16.6. The molecule has 0 spiro atoms. The Morgan fingerprint density at radius 1 is 1.12 bits per heavy atom. The van der Waals surface area contributed by atoms with Crippen LogP contribution in [0.5, 0.6) is 5.75 Å². The zero-order chi connectivity index (χ0) is 22.3. The fourth-order valence-corrected chi connectivity index (χ4v) is 4.25. The predicted octanol–water partition coefficient (Wildman–Crippen LogP) is 4.98. The van der Waals surface area contributed by atoms with Gasteiger partial charge in [0, 0.05) is 16.5 Å². The number of amidine groups is 1. The largest absolute Gasteiger partial charge is 0.423 e. The third kappa shape index (κ3) is 5.37. The van der Waals surface area contributed by atoms with Crippen molar-refractivity contribution in [1.82, 2.24) is 0 Å². The topological polar surface area (TPSA) is 71.3 Å². The molecule has 1 saturated heterocycles. The number of nitrogens with zero attached hydrogens (tertiary/aromatic N) is 3. The van der Waals surface area contributed by atoms with E-state index >= 15 is 0 Å². The van der Waals surface area contributed by atoms with Crippen LogP contribution in [-0.2, 0) is 9.59 Å². The zero-order valence-corrected chi connectivity index (χ0v) is 18.2. The van der Waals surface area contributed by atoms with Crippen LogP contribution in [0.1, 0.15) is 10.4 Å². The SMILES string of the molecule is O=C(C=Cc1cccs1)Oc1ccccc1C=NN=C1SCC(=O)N1c1cccc(F)c1. The molecule has 9 heteroatoms. The number of thiophene rings is 1. The molecule has 32 heavy (non-hydrogen) atoms. The van der Waals surface area contributed by atoms with Gasteiger partial charge >= 0.3 is 5.97 Å². The smallest absolute Gasteiger partial charge is 0.336 e. The molecule has 1 aliphatic rings. The molecule has 4 rings (SSSR count). The summed E-state index contributed by atoms with van der Waals surface area (Å²) >= 11 is 2.73. The Morgan fingerprint density at radius 3 is 2.81 bits per heavy atom. The molecule has 0 saturated carbocycles. The highest BCUT2D eigenvalue weighted by atomic mass is 32.2. The lowest BCUT2D eigenvalue weighted by atomic mass is 10.2. The van der Waals surface area contributed by atoms with Crippen molar-refractivity contribution in [2.45, 2.75) is 0 Å². The number of halogens is 1. The standard InChI is InChI=1S/C23H16FN3O3S2/c24-17-6-3-7-18(13-17)27-21(28)15-32-23(27)26-25-14-16-5-1-2-9-20(16)30-22(29)11-10-19-8-4-12-31-19/h1-14H,15H2. The Labute approximate surface area is 191 Å². The van der Waals surface area contributed by atoms with Crippen molar-refractivity contribution in [3.63, 3.8) is 0 Å². The molecule has 1 amide bonds. The lowest BCUT2D eigenvalue weighted by Crippen LogP contribution is -2.29. The average Bonchev–Trinajstić information content (AvgIpc) is 3.43. The Morgan fingerprint density at radius 2 is 2.00 bits per heavy atom. The summed E-state index contributed by atoms with van der Waals surface area (Å²) in [5.74, 6) is -0.648. The molecule has 0 N–H and O–H groups in total. The van der Waals surface area contributed by atoms with Crippen molar-refractivity contribution in [2.24, 2.45) is 10.2 Å². The quantitative estimate of drug-likeness (QED) is 0.169. The van der Waals surface area contributed by atoms with Crippen LogP contribution in [0.4, 0.5) is 10.1 Å². The fourth-order valence-electron chi connectivity index (χ4n) is 2.80. The van der Waals surface area contributed by atoms with Gasteiger partial charge in [-0.3, -0.25) is 9.69 Å². The number of hydrogen-bond acceptors (Lipinski definition) is 7. The van der Waals surface area contributed by atoms with Crippen molar-refractivity contribution < 1.29 is 18.7 Å². The van der Waals surface area contributed by atoms with Crippen molar-refractivity contribution in [3.05, 3.63) is 88.4 Å². The molecule has 1 fully saturated rings. The highest BCUT2D eigenvalue weighted by Crippen LogP contribution is 2.27. The number of carbonyl (C=O) groups is 2. The maximum absolute atomic E-state index is 13.6. The number of anilines is 1. The molecule has 6 nitrogen and oxygen atoms in total. The van der Waals surface area contributed by atoms with E-state index in [9.17, 15) is 14.0 Å². The van der Waals surface area contributed by atoms with Gasteiger partial charge < -0.3 is 4.74 Å². The van der Waals surface area contributed by atoms with E-state index in [-0.39, 0.29) is 11.7 Å². The number of carbonyl (C=O) groups excluding carboxylic acids is 2. The number of ether oxygens (including phenoxy) is 1. The minimum atomic E-state index is -0.514. The van der Waals surface area contributed by atoms with E-state index in [0.29, 0.717) is 22.2 Å². The van der Waals surface area contributed by atoms with Crippen molar-refractivity contribution >= 4 is 58.1 Å². The van der Waals surface area contributed by atoms with Gasteiger partial charge in [0.1, 0.15) is 11.6 Å². The molecule has 3 aromatic rings. The third-order valence-electron chi connectivity index (χ3n) is 4.23. The highest BCUT2D eigenvalue weighted by Gasteiger charge is 2.30. The first-order chi connectivity index (χ1) is 15.6. The summed E-state index contributed by atoms with van der Waals surface area (Å²) < 4.78 is 19.0. The maximum Gasteiger partial charge on any atom is 0.336 e. The molecule has 0 aliphatic carbocycles. The van der Waals surface area contributed by atoms with Gasteiger partial charge in [0.05, 0.1) is 17.7 Å². The number of esters is 1. The summed E-state index contributed by atoms with van der Waals surface area (Å²) in [6, 6.07) is 16.4. The van der Waals surface area contributed by atoms with E-state index in [0.717, 1.165) is 4.88 Å². The number of benzene rings is 2. The van der Waals surface area contributed by atoms with Crippen molar-refractivity contribution in [2.75, 3.05) is 10.7 Å². The van der Waals surface area contributed by atoms with Crippen LogP contribution in [0.2, 0.25) is 0 Å². The summed E-state index contributed by atoms with van der Waals surface area (Å²) in [5.41, 5.74) is 0.933. The molecule has 1 aromatic heterocycles. The predicted molar refractivity (Wildman–Crippen MR) is 127 cm³/mol. The van der Waals surface area contributed by atoms with E-state index < -0.39 is 11.8 Å². The Hall–Kier alpha value is -3.56. The van der Waals surface area contributed by atoms with Crippen molar-refractivity contribution in [1.29, 1.82) is 0 Å². The van der Waals surface area contributed by atoms with E-state index in [4.69, 9.17) is 4.74 Å². The number of thioether (sulfide) groups is 1. The summed E-state index contributed by atoms with van der Waals surface area (Å²) in [6.45, 7) is 0. The van der Waals surface area contributed by atoms with Crippen molar-refractivity contribution in [3.8, 4) is 5.75 Å². The van der Waals surface area contributed by atoms with Gasteiger partial charge in [-0.2, -0.15) is 5.10 Å². The lowest BCUT2D eigenvalue weighted by Gasteiger charge is -2.14. The van der Waals surface area contributed by atoms with Gasteiger partial charge in [-0.05, 0) is 47.9 Å². The normalized spacial score (nSPS) is 15.3. The minimum Gasteiger partial charge on any atom is -0.423 e. The van der Waals surface area contributed by atoms with Gasteiger partial charge in [0.2, 0.25) is 5.91 Å². The van der Waals surface area contributed by atoms with E-state index in [2.05, 4.69) is 10.2 Å². The number of para-hydroxylation sites is 1. The Bertz CT molecular complexity index is 1220. The Kier molecular flexibility index (Phi) is 6.88.